The fourth-order valence-electron chi connectivity index (χ4n) is 5.25. The number of hydrogen-bond donors (Lipinski definition) is 0. The summed E-state index contributed by atoms with van der Waals surface area (Å²) in [5.74, 6) is 0.669. The Morgan fingerprint density at radius 1 is 0.800 bits per heavy atom. The molecule has 0 bridgehead atoms. The Hall–Kier alpha value is -2.89. The minimum Gasteiger partial charge on any atom is -0.286 e. The van der Waals surface area contributed by atoms with E-state index in [1.807, 2.05) is 0 Å². The fourth-order valence-corrected chi connectivity index (χ4v) is 5.25. The first-order valence-corrected chi connectivity index (χ1v) is 11.1. The molecule has 0 aliphatic carbocycles. The average molecular weight is 395 g/mol. The molecule has 3 aromatic rings. The second kappa shape index (κ2) is 9.28. The molecule has 0 amide bonds. The maximum atomic E-state index is 9.57. The average Bonchev–Trinajstić information content (AvgIpc) is 2.83. The van der Waals surface area contributed by atoms with Gasteiger partial charge in [-0.3, -0.25) is 4.90 Å². The smallest absolute Gasteiger partial charge is 0.0972 e. The quantitative estimate of drug-likeness (QED) is 0.463. The molecule has 3 aromatic carbocycles. The molecule has 2 heteroatoms. The minimum atomic E-state index is -0.330. The van der Waals surface area contributed by atoms with Crippen LogP contribution >= 0.6 is 0 Å². The maximum absolute atomic E-state index is 9.57. The van der Waals surface area contributed by atoms with Gasteiger partial charge in [0.05, 0.1) is 11.6 Å². The van der Waals surface area contributed by atoms with Gasteiger partial charge in [0.1, 0.15) is 0 Å². The van der Waals surface area contributed by atoms with E-state index in [9.17, 15) is 5.26 Å². The van der Waals surface area contributed by atoms with E-state index in [0.29, 0.717) is 5.92 Å². The van der Waals surface area contributed by atoms with Crippen LogP contribution in [0.3, 0.4) is 0 Å². The van der Waals surface area contributed by atoms with Crippen molar-refractivity contribution in [2.75, 3.05) is 13.1 Å². The molecule has 4 rings (SSSR count). The third kappa shape index (κ3) is 3.66. The van der Waals surface area contributed by atoms with Crippen LogP contribution in [0.4, 0.5) is 0 Å². The predicted octanol–water partition coefficient (Wildman–Crippen LogP) is 6.24. The van der Waals surface area contributed by atoms with Crippen LogP contribution in [0.1, 0.15) is 42.9 Å². The molecule has 1 atom stereocenters. The lowest BCUT2D eigenvalue weighted by Gasteiger charge is -2.49. The highest BCUT2D eigenvalue weighted by atomic mass is 15.2. The zero-order chi connectivity index (χ0) is 20.8. The summed E-state index contributed by atoms with van der Waals surface area (Å²) in [6.07, 6.45) is 3.09. The van der Waals surface area contributed by atoms with E-state index in [0.717, 1.165) is 32.4 Å². The van der Waals surface area contributed by atoms with Crippen molar-refractivity contribution in [3.8, 4) is 6.07 Å². The molecule has 2 nitrogen and oxygen atoms in total. The van der Waals surface area contributed by atoms with E-state index in [4.69, 9.17) is 0 Å². The Morgan fingerprint density at radius 2 is 1.20 bits per heavy atom. The molecule has 1 aliphatic heterocycles. The van der Waals surface area contributed by atoms with E-state index in [1.54, 1.807) is 0 Å². The monoisotopic (exact) mass is 394 g/mol. The maximum Gasteiger partial charge on any atom is 0.0972 e. The Kier molecular flexibility index (Phi) is 6.31. The van der Waals surface area contributed by atoms with E-state index in [-0.39, 0.29) is 11.5 Å². The van der Waals surface area contributed by atoms with E-state index >= 15 is 0 Å². The van der Waals surface area contributed by atoms with Crippen LogP contribution in [0.5, 0.6) is 0 Å². The number of benzene rings is 3. The van der Waals surface area contributed by atoms with Gasteiger partial charge in [0.15, 0.2) is 0 Å². The molecule has 1 saturated heterocycles. The number of rotatable bonds is 6. The van der Waals surface area contributed by atoms with E-state index in [2.05, 4.69) is 109 Å². The van der Waals surface area contributed by atoms with Gasteiger partial charge < -0.3 is 0 Å². The number of nitriles is 1. The molecule has 0 aromatic heterocycles. The van der Waals surface area contributed by atoms with Crippen molar-refractivity contribution < 1.29 is 0 Å². The lowest BCUT2D eigenvalue weighted by Crippen LogP contribution is -2.51. The molecule has 30 heavy (non-hydrogen) atoms. The zero-order valence-corrected chi connectivity index (χ0v) is 17.7. The summed E-state index contributed by atoms with van der Waals surface area (Å²) >= 11 is 0. The third-order valence-corrected chi connectivity index (χ3v) is 6.76. The summed E-state index contributed by atoms with van der Waals surface area (Å²) in [6, 6.07) is 35.3. The van der Waals surface area contributed by atoms with Gasteiger partial charge in [-0.15, -0.1) is 0 Å². The van der Waals surface area contributed by atoms with Gasteiger partial charge in [0.2, 0.25) is 0 Å². The summed E-state index contributed by atoms with van der Waals surface area (Å²) in [4.78, 5) is 2.65. The molecule has 0 radical (unpaired) electrons. The van der Waals surface area contributed by atoms with Gasteiger partial charge in [0.25, 0.3) is 0 Å². The van der Waals surface area contributed by atoms with Gasteiger partial charge in [0, 0.05) is 5.92 Å². The van der Waals surface area contributed by atoms with Crippen molar-refractivity contribution in [2.24, 2.45) is 11.8 Å². The second-order valence-corrected chi connectivity index (χ2v) is 8.28. The van der Waals surface area contributed by atoms with Crippen LogP contribution in [0, 0.1) is 23.2 Å². The molecule has 1 unspecified atom stereocenters. The second-order valence-electron chi connectivity index (χ2n) is 8.28. The predicted molar refractivity (Wildman–Crippen MR) is 123 cm³/mol. The molecule has 0 N–H and O–H groups in total. The van der Waals surface area contributed by atoms with Crippen molar-refractivity contribution in [1.29, 1.82) is 5.26 Å². The van der Waals surface area contributed by atoms with Crippen molar-refractivity contribution in [1.82, 2.24) is 4.90 Å². The van der Waals surface area contributed by atoms with Crippen LogP contribution in [0.2, 0.25) is 0 Å². The van der Waals surface area contributed by atoms with Crippen LogP contribution in [0.15, 0.2) is 91.0 Å². The molecule has 152 valence electrons. The molecule has 1 heterocycles. The highest BCUT2D eigenvalue weighted by Crippen LogP contribution is 2.44. The zero-order valence-electron chi connectivity index (χ0n) is 17.7. The minimum absolute atomic E-state index is 0.173. The Morgan fingerprint density at radius 3 is 1.53 bits per heavy atom. The number of piperidine rings is 1. The Balaban J connectivity index is 1.84. The van der Waals surface area contributed by atoms with Crippen LogP contribution in [0.25, 0.3) is 0 Å². The standard InChI is InChI=1S/C28H30N2/c1-2-23(22-29)24-18-20-30(21-19-24)28(25-12-6-3-7-13-25,26-14-8-4-9-15-26)27-16-10-5-11-17-27/h3-17,23-24H,2,18-21H2,1H3. The Labute approximate surface area is 180 Å². The first kappa shape index (κ1) is 20.4. The van der Waals surface area contributed by atoms with Crippen LogP contribution < -0.4 is 0 Å². The number of hydrogen-bond acceptors (Lipinski definition) is 2. The first-order chi connectivity index (χ1) is 14.8. The summed E-state index contributed by atoms with van der Waals surface area (Å²) < 4.78 is 0. The van der Waals surface area contributed by atoms with E-state index in [1.165, 1.54) is 16.7 Å². The highest BCUT2D eigenvalue weighted by molar-refractivity contribution is 5.49. The van der Waals surface area contributed by atoms with Gasteiger partial charge >= 0.3 is 0 Å². The molecular weight excluding hydrogens is 364 g/mol. The topological polar surface area (TPSA) is 27.0 Å². The summed E-state index contributed by atoms with van der Waals surface area (Å²) in [5.41, 5.74) is 3.57. The van der Waals surface area contributed by atoms with Crippen molar-refractivity contribution in [2.45, 2.75) is 31.7 Å². The number of likely N-dealkylation sites (tertiary alicyclic amines) is 1. The molecular formula is C28H30N2. The third-order valence-electron chi connectivity index (χ3n) is 6.76. The lowest BCUT2D eigenvalue weighted by molar-refractivity contribution is 0.0897. The molecule has 1 fully saturated rings. The van der Waals surface area contributed by atoms with Crippen molar-refractivity contribution in [3.05, 3.63) is 108 Å². The largest absolute Gasteiger partial charge is 0.286 e. The van der Waals surface area contributed by atoms with Gasteiger partial charge in [-0.1, -0.05) is 97.9 Å². The SMILES string of the molecule is CCC(C#N)C1CCN(C(c2ccccc2)(c2ccccc2)c2ccccc2)CC1. The normalized spacial score (nSPS) is 16.7. The van der Waals surface area contributed by atoms with Crippen molar-refractivity contribution in [3.63, 3.8) is 0 Å². The first-order valence-electron chi connectivity index (χ1n) is 11.1. The van der Waals surface area contributed by atoms with Gasteiger partial charge in [-0.2, -0.15) is 5.26 Å². The van der Waals surface area contributed by atoms with Gasteiger partial charge in [-0.25, -0.2) is 0 Å². The van der Waals surface area contributed by atoms with Gasteiger partial charge in [-0.05, 0) is 55.0 Å². The Bertz CT molecular complexity index is 855. The fraction of sp³-hybridized carbons (Fsp3) is 0.321. The molecule has 0 spiro atoms. The summed E-state index contributed by atoms with van der Waals surface area (Å²) in [6.45, 7) is 4.12. The highest BCUT2D eigenvalue weighted by Gasteiger charge is 2.43. The summed E-state index contributed by atoms with van der Waals surface area (Å²) in [7, 11) is 0. The molecule has 0 saturated carbocycles. The number of nitrogens with zero attached hydrogens (tertiary/aromatic N) is 2. The van der Waals surface area contributed by atoms with Crippen molar-refractivity contribution >= 4 is 0 Å². The lowest BCUT2D eigenvalue weighted by atomic mass is 9.73. The van der Waals surface area contributed by atoms with Crippen LogP contribution in [-0.4, -0.2) is 18.0 Å². The molecule has 1 aliphatic rings. The van der Waals surface area contributed by atoms with E-state index < -0.39 is 0 Å². The summed E-state index contributed by atoms with van der Waals surface area (Å²) in [5, 5.41) is 9.57. The van der Waals surface area contributed by atoms with Crippen LogP contribution in [-0.2, 0) is 5.54 Å².